The molecule has 2 rings (SSSR count). The van der Waals surface area contributed by atoms with Gasteiger partial charge in [0.25, 0.3) is 0 Å². The molecule has 0 atom stereocenters. The number of benzene rings is 1. The normalized spacial score (nSPS) is 16.8. The molecular weight excluding hydrogens is 368 g/mol. The molecular formula is C14H16F4N2O4S. The van der Waals surface area contributed by atoms with Crippen molar-refractivity contribution in [2.24, 2.45) is 0 Å². The van der Waals surface area contributed by atoms with Gasteiger partial charge >= 0.3 is 12.3 Å². The highest BCUT2D eigenvalue weighted by atomic mass is 32.2. The first-order valence-electron chi connectivity index (χ1n) is 7.36. The number of sulfonamides is 1. The first-order chi connectivity index (χ1) is 11.6. The Hall–Kier alpha value is -1.88. The number of hydrogen-bond donors (Lipinski definition) is 0. The largest absolute Gasteiger partial charge is 0.450 e. The quantitative estimate of drug-likeness (QED) is 0.750. The average molecular weight is 384 g/mol. The third-order valence-corrected chi connectivity index (χ3v) is 5.54. The third-order valence-electron chi connectivity index (χ3n) is 3.65. The lowest BCUT2D eigenvalue weighted by Crippen LogP contribution is -2.50. The van der Waals surface area contributed by atoms with Crippen LogP contribution in [0.5, 0.6) is 0 Å². The van der Waals surface area contributed by atoms with E-state index >= 15 is 0 Å². The molecule has 0 N–H and O–H groups in total. The van der Waals surface area contributed by atoms with Crippen LogP contribution in [0.3, 0.4) is 0 Å². The molecule has 0 unspecified atom stereocenters. The zero-order valence-electron chi connectivity index (χ0n) is 13.2. The van der Waals surface area contributed by atoms with E-state index in [9.17, 15) is 30.8 Å². The SMILES string of the molecule is CCOC(=O)N1CCN(S(=O)(=O)c2ccc(F)c(C(F)(F)F)c2)CC1. The summed E-state index contributed by atoms with van der Waals surface area (Å²) >= 11 is 0. The van der Waals surface area contributed by atoms with Crippen molar-refractivity contribution < 1.29 is 35.5 Å². The second-order valence-electron chi connectivity index (χ2n) is 5.23. The van der Waals surface area contributed by atoms with Crippen LogP contribution in [0, 0.1) is 5.82 Å². The average Bonchev–Trinajstić information content (AvgIpc) is 2.54. The molecule has 11 heteroatoms. The zero-order chi connectivity index (χ0) is 18.8. The predicted molar refractivity (Wildman–Crippen MR) is 78.8 cm³/mol. The summed E-state index contributed by atoms with van der Waals surface area (Å²) in [6.07, 6.45) is -5.58. The van der Waals surface area contributed by atoms with Crippen molar-refractivity contribution in [3.8, 4) is 0 Å². The summed E-state index contributed by atoms with van der Waals surface area (Å²) in [5.74, 6) is -1.54. The molecule has 140 valence electrons. The van der Waals surface area contributed by atoms with Gasteiger partial charge in [-0.25, -0.2) is 17.6 Å². The van der Waals surface area contributed by atoms with Crippen molar-refractivity contribution in [1.82, 2.24) is 9.21 Å². The fraction of sp³-hybridized carbons (Fsp3) is 0.500. The number of hydrogen-bond acceptors (Lipinski definition) is 4. The summed E-state index contributed by atoms with van der Waals surface area (Å²) in [4.78, 5) is 12.2. The number of amides is 1. The van der Waals surface area contributed by atoms with Gasteiger partial charge in [0, 0.05) is 26.2 Å². The number of alkyl halides is 3. The molecule has 0 aliphatic carbocycles. The lowest BCUT2D eigenvalue weighted by Gasteiger charge is -2.33. The maximum Gasteiger partial charge on any atom is 0.419 e. The number of piperazine rings is 1. The van der Waals surface area contributed by atoms with E-state index in [1.165, 1.54) is 4.90 Å². The van der Waals surface area contributed by atoms with E-state index in [0.29, 0.717) is 6.07 Å². The Morgan fingerprint density at radius 2 is 1.80 bits per heavy atom. The molecule has 1 aliphatic rings. The van der Waals surface area contributed by atoms with Gasteiger partial charge in [-0.05, 0) is 25.1 Å². The Bertz CT molecular complexity index is 744. The van der Waals surface area contributed by atoms with Crippen LogP contribution < -0.4 is 0 Å². The molecule has 1 aromatic carbocycles. The zero-order valence-corrected chi connectivity index (χ0v) is 14.0. The molecule has 1 aliphatic heterocycles. The summed E-state index contributed by atoms with van der Waals surface area (Å²) in [5, 5.41) is 0. The highest BCUT2D eigenvalue weighted by Gasteiger charge is 2.37. The smallest absolute Gasteiger partial charge is 0.419 e. The van der Waals surface area contributed by atoms with Crippen LogP contribution in [0.4, 0.5) is 22.4 Å². The van der Waals surface area contributed by atoms with Crippen molar-refractivity contribution in [2.75, 3.05) is 32.8 Å². The van der Waals surface area contributed by atoms with Gasteiger partial charge in [-0.3, -0.25) is 0 Å². The van der Waals surface area contributed by atoms with Gasteiger partial charge < -0.3 is 9.64 Å². The highest BCUT2D eigenvalue weighted by Crippen LogP contribution is 2.33. The lowest BCUT2D eigenvalue weighted by molar-refractivity contribution is -0.140. The molecule has 0 bridgehead atoms. The number of carbonyl (C=O) groups is 1. The summed E-state index contributed by atoms with van der Waals surface area (Å²) < 4.78 is 82.3. The van der Waals surface area contributed by atoms with Crippen LogP contribution >= 0.6 is 0 Å². The molecule has 1 heterocycles. The molecule has 0 aromatic heterocycles. The molecule has 0 saturated carbocycles. The maximum absolute atomic E-state index is 13.3. The Kier molecular flexibility index (Phi) is 5.57. The first-order valence-corrected chi connectivity index (χ1v) is 8.80. The van der Waals surface area contributed by atoms with Crippen LogP contribution in [0.1, 0.15) is 12.5 Å². The van der Waals surface area contributed by atoms with Gasteiger partial charge in [0.05, 0.1) is 17.1 Å². The molecule has 6 nitrogen and oxygen atoms in total. The molecule has 1 saturated heterocycles. The Morgan fingerprint density at radius 3 is 2.32 bits per heavy atom. The minimum atomic E-state index is -5.00. The number of carbonyl (C=O) groups excluding carboxylic acids is 1. The van der Waals surface area contributed by atoms with Crippen molar-refractivity contribution >= 4 is 16.1 Å². The summed E-state index contributed by atoms with van der Waals surface area (Å²) in [7, 11) is -4.24. The molecule has 25 heavy (non-hydrogen) atoms. The van der Waals surface area contributed by atoms with E-state index in [4.69, 9.17) is 4.74 Å². The van der Waals surface area contributed by atoms with Crippen molar-refractivity contribution in [2.45, 2.75) is 18.0 Å². The van der Waals surface area contributed by atoms with Gasteiger partial charge in [0.1, 0.15) is 5.82 Å². The van der Waals surface area contributed by atoms with Crippen LogP contribution in [0.25, 0.3) is 0 Å². The Morgan fingerprint density at radius 1 is 1.20 bits per heavy atom. The van der Waals surface area contributed by atoms with Crippen molar-refractivity contribution in [3.63, 3.8) is 0 Å². The van der Waals surface area contributed by atoms with E-state index in [0.717, 1.165) is 10.4 Å². The highest BCUT2D eigenvalue weighted by molar-refractivity contribution is 7.89. The second kappa shape index (κ2) is 7.16. The van der Waals surface area contributed by atoms with Crippen molar-refractivity contribution in [3.05, 3.63) is 29.6 Å². The number of halogens is 4. The van der Waals surface area contributed by atoms with E-state index in [1.54, 1.807) is 6.92 Å². The maximum atomic E-state index is 13.3. The van der Waals surface area contributed by atoms with Gasteiger partial charge in [0.2, 0.25) is 10.0 Å². The van der Waals surface area contributed by atoms with E-state index in [2.05, 4.69) is 0 Å². The number of nitrogens with zero attached hydrogens (tertiary/aromatic N) is 2. The molecule has 0 spiro atoms. The van der Waals surface area contributed by atoms with E-state index in [-0.39, 0.29) is 38.9 Å². The van der Waals surface area contributed by atoms with Crippen LogP contribution in [0.2, 0.25) is 0 Å². The lowest BCUT2D eigenvalue weighted by atomic mass is 10.2. The van der Waals surface area contributed by atoms with Gasteiger partial charge in [-0.2, -0.15) is 17.5 Å². The van der Waals surface area contributed by atoms with Gasteiger partial charge in [-0.1, -0.05) is 0 Å². The van der Waals surface area contributed by atoms with Gasteiger partial charge in [-0.15, -0.1) is 0 Å². The van der Waals surface area contributed by atoms with Crippen molar-refractivity contribution in [1.29, 1.82) is 0 Å². The number of ether oxygens (including phenoxy) is 1. The number of rotatable bonds is 3. The Balaban J connectivity index is 2.19. The molecule has 0 radical (unpaired) electrons. The van der Waals surface area contributed by atoms with Gasteiger partial charge in [0.15, 0.2) is 0 Å². The standard InChI is InChI=1S/C14H16F4N2O4S/c1-2-24-13(21)19-5-7-20(8-6-19)25(22,23)10-3-4-12(15)11(9-10)14(16,17)18/h3-4,9H,2,5-8H2,1H3. The van der Waals surface area contributed by atoms with Crippen LogP contribution in [0.15, 0.2) is 23.1 Å². The fourth-order valence-corrected chi connectivity index (χ4v) is 3.81. The monoisotopic (exact) mass is 384 g/mol. The second-order valence-corrected chi connectivity index (χ2v) is 7.17. The first kappa shape index (κ1) is 19.4. The van der Waals surface area contributed by atoms with Crippen LogP contribution in [-0.2, 0) is 20.9 Å². The summed E-state index contributed by atoms with van der Waals surface area (Å²) in [6, 6.07) is 1.55. The minimum absolute atomic E-state index is 0.0470. The van der Waals surface area contributed by atoms with E-state index in [1.807, 2.05) is 0 Å². The topological polar surface area (TPSA) is 66.9 Å². The predicted octanol–water partition coefficient (Wildman–Crippen LogP) is 2.31. The summed E-state index contributed by atoms with van der Waals surface area (Å²) in [6.45, 7) is 1.70. The Labute approximate surface area is 142 Å². The van der Waals surface area contributed by atoms with Crippen LogP contribution in [-0.4, -0.2) is 56.5 Å². The minimum Gasteiger partial charge on any atom is -0.450 e. The molecule has 1 fully saturated rings. The van der Waals surface area contributed by atoms with E-state index < -0.39 is 38.6 Å². The fourth-order valence-electron chi connectivity index (χ4n) is 2.36. The molecule has 1 amide bonds. The molecule has 1 aromatic rings. The summed E-state index contributed by atoms with van der Waals surface area (Å²) in [5.41, 5.74) is -1.64. The third kappa shape index (κ3) is 4.21.